The number of benzene rings is 2. The molecule has 0 radical (unpaired) electrons. The van der Waals surface area contributed by atoms with Crippen LogP contribution in [0.25, 0.3) is 11.1 Å². The van der Waals surface area contributed by atoms with Gasteiger partial charge in [0, 0.05) is 34.0 Å². The number of aryl methyl sites for hydroxylation is 6. The van der Waals surface area contributed by atoms with Crippen molar-refractivity contribution in [2.45, 2.75) is 54.4 Å². The molecule has 4 aromatic rings. The summed E-state index contributed by atoms with van der Waals surface area (Å²) in [5.74, 6) is 6.73. The van der Waals surface area contributed by atoms with Crippen molar-refractivity contribution < 1.29 is 0 Å². The van der Waals surface area contributed by atoms with E-state index in [1.54, 1.807) is 0 Å². The Kier molecular flexibility index (Phi) is 6.82. The summed E-state index contributed by atoms with van der Waals surface area (Å²) < 4.78 is 0. The first-order valence-electron chi connectivity index (χ1n) is 15.3. The maximum atomic E-state index is 5.17. The molecule has 8 bridgehead atoms. The Bertz CT molecular complexity index is 1920. The maximum Gasteiger partial charge on any atom is 0.0902 e. The largest absolute Gasteiger partial charge is 0.348 e. The van der Waals surface area contributed by atoms with Crippen molar-refractivity contribution in [1.82, 2.24) is 9.97 Å². The minimum atomic E-state index is 0.821. The second-order valence-electron chi connectivity index (χ2n) is 12.3. The van der Waals surface area contributed by atoms with Gasteiger partial charge in [-0.2, -0.15) is 0 Å². The summed E-state index contributed by atoms with van der Waals surface area (Å²) in [7, 11) is 0. The average Bonchev–Trinajstić information content (AvgIpc) is 3.78. The molecule has 0 amide bonds. The molecular weight excluding hydrogens is 536 g/mol. The summed E-state index contributed by atoms with van der Waals surface area (Å²) in [5.41, 5.74) is 20.0. The van der Waals surface area contributed by atoms with Crippen LogP contribution >= 0.6 is 0 Å². The molecule has 4 nitrogen and oxygen atoms in total. The molecule has 2 aromatic carbocycles. The topological polar surface area (TPSA) is 56.3 Å². The van der Waals surface area contributed by atoms with Crippen LogP contribution in [0.15, 0.2) is 94.2 Å². The van der Waals surface area contributed by atoms with E-state index in [2.05, 4.69) is 136 Å². The maximum absolute atomic E-state index is 5.17. The molecule has 2 aromatic heterocycles. The highest BCUT2D eigenvalue weighted by atomic mass is 14.8. The van der Waals surface area contributed by atoms with E-state index in [0.29, 0.717) is 0 Å². The van der Waals surface area contributed by atoms with Gasteiger partial charge in [0.1, 0.15) is 0 Å². The molecule has 4 heteroatoms. The number of aromatic amines is 2. The lowest BCUT2D eigenvalue weighted by atomic mass is 9.91. The van der Waals surface area contributed by atoms with E-state index in [1.807, 2.05) is 0 Å². The van der Waals surface area contributed by atoms with Crippen molar-refractivity contribution in [3.63, 3.8) is 0 Å². The Hall–Kier alpha value is -5.14. The Morgan fingerprint density at radius 3 is 1.30 bits per heavy atom. The standard InChI is InChI=1S/C40H36N4/c1-23-19-25(3)37(26(4)20-23)39-33-15-11-29(41-33)7-9-31-13-17-35(43-31)40(38-27(5)21-24(2)22-28(38)6)36-18-14-32(44-36)10-8-30-12-16-34(39)42-30/h11-22,42,44H,7,9H2,1-6H3/b39-33+,40-35+. The van der Waals surface area contributed by atoms with Crippen molar-refractivity contribution in [3.05, 3.63) is 152 Å². The van der Waals surface area contributed by atoms with Crippen LogP contribution in [0.4, 0.5) is 0 Å². The van der Waals surface area contributed by atoms with E-state index < -0.39 is 0 Å². The van der Waals surface area contributed by atoms with Gasteiger partial charge in [-0.1, -0.05) is 35.4 Å². The zero-order chi connectivity index (χ0) is 30.5. The van der Waals surface area contributed by atoms with Gasteiger partial charge in [-0.3, -0.25) is 9.98 Å². The number of aromatic nitrogens is 2. The van der Waals surface area contributed by atoms with Crippen LogP contribution in [-0.4, -0.2) is 21.4 Å². The Morgan fingerprint density at radius 2 is 0.909 bits per heavy atom. The monoisotopic (exact) mass is 572 g/mol. The molecule has 0 saturated carbocycles. The third kappa shape index (κ3) is 5.05. The molecule has 5 heterocycles. The molecule has 0 unspecified atom stereocenters. The zero-order valence-electron chi connectivity index (χ0n) is 26.2. The fourth-order valence-corrected chi connectivity index (χ4v) is 6.93. The van der Waals surface area contributed by atoms with E-state index in [4.69, 9.17) is 9.98 Å². The molecule has 0 spiro atoms. The second-order valence-corrected chi connectivity index (χ2v) is 12.3. The fourth-order valence-electron chi connectivity index (χ4n) is 6.93. The van der Waals surface area contributed by atoms with E-state index in [0.717, 1.165) is 69.6 Å². The minimum Gasteiger partial charge on any atom is -0.348 e. The summed E-state index contributed by atoms with van der Waals surface area (Å²) in [4.78, 5) is 17.6. The van der Waals surface area contributed by atoms with Crippen LogP contribution in [0.2, 0.25) is 0 Å². The Balaban J connectivity index is 1.40. The lowest BCUT2D eigenvalue weighted by molar-refractivity contribution is 1.15. The summed E-state index contributed by atoms with van der Waals surface area (Å²) >= 11 is 0. The SMILES string of the molecule is Cc1cc(C)c(/C2=C3\C=CC(=N3)CCC3=N/C(=C(/c4c(C)cc(C)cc4C)c4ccc([nH]4)C#Cc4ccc2[nH]4)C=C3)c(C)c1. The van der Waals surface area contributed by atoms with Gasteiger partial charge in [-0.05, 0) is 148 Å². The van der Waals surface area contributed by atoms with Crippen molar-refractivity contribution >= 4 is 22.6 Å². The predicted molar refractivity (Wildman–Crippen MR) is 183 cm³/mol. The zero-order valence-corrected chi connectivity index (χ0v) is 26.2. The summed E-state index contributed by atoms with van der Waals surface area (Å²) in [6, 6.07) is 17.4. The van der Waals surface area contributed by atoms with Gasteiger partial charge in [0.25, 0.3) is 0 Å². The van der Waals surface area contributed by atoms with Crippen molar-refractivity contribution in [2.75, 3.05) is 0 Å². The summed E-state index contributed by atoms with van der Waals surface area (Å²) in [6.07, 6.45) is 10.3. The molecule has 3 aliphatic rings. The van der Waals surface area contributed by atoms with Crippen LogP contribution < -0.4 is 0 Å². The van der Waals surface area contributed by atoms with Gasteiger partial charge in [0.15, 0.2) is 0 Å². The predicted octanol–water partition coefficient (Wildman–Crippen LogP) is 8.93. The number of nitrogens with one attached hydrogen (secondary N) is 2. The first kappa shape index (κ1) is 27.7. The molecule has 0 fully saturated rings. The van der Waals surface area contributed by atoms with Gasteiger partial charge in [0.05, 0.1) is 22.8 Å². The molecule has 3 aliphatic heterocycles. The molecule has 0 saturated heterocycles. The van der Waals surface area contributed by atoms with E-state index in [1.165, 1.54) is 44.5 Å². The van der Waals surface area contributed by atoms with Crippen LogP contribution in [0, 0.1) is 53.4 Å². The molecule has 2 N–H and O–H groups in total. The van der Waals surface area contributed by atoms with Gasteiger partial charge < -0.3 is 9.97 Å². The number of rotatable bonds is 2. The van der Waals surface area contributed by atoms with Gasteiger partial charge in [0.2, 0.25) is 0 Å². The molecule has 0 atom stereocenters. The van der Waals surface area contributed by atoms with E-state index in [-0.39, 0.29) is 0 Å². The normalized spacial score (nSPS) is 19.0. The number of nitrogens with zero attached hydrogens (tertiary/aromatic N) is 2. The van der Waals surface area contributed by atoms with Crippen molar-refractivity contribution in [3.8, 4) is 11.8 Å². The summed E-state index contributed by atoms with van der Waals surface area (Å²) in [6.45, 7) is 13.1. The highest BCUT2D eigenvalue weighted by molar-refractivity contribution is 6.06. The number of allylic oxidation sites excluding steroid dienone is 4. The van der Waals surface area contributed by atoms with Gasteiger partial charge >= 0.3 is 0 Å². The second kappa shape index (κ2) is 10.8. The van der Waals surface area contributed by atoms with Crippen LogP contribution in [-0.2, 0) is 0 Å². The number of hydrogen-bond acceptors (Lipinski definition) is 2. The lowest BCUT2D eigenvalue weighted by Gasteiger charge is -2.16. The van der Waals surface area contributed by atoms with Crippen LogP contribution in [0.5, 0.6) is 0 Å². The smallest absolute Gasteiger partial charge is 0.0902 e. The average molecular weight is 573 g/mol. The van der Waals surface area contributed by atoms with Gasteiger partial charge in [-0.25, -0.2) is 0 Å². The Labute approximate surface area is 259 Å². The number of fused-ring (bicyclic) bond motifs is 6. The minimum absolute atomic E-state index is 0.821. The quantitative estimate of drug-likeness (QED) is 0.225. The molecule has 44 heavy (non-hydrogen) atoms. The first-order valence-corrected chi connectivity index (χ1v) is 15.3. The third-order valence-corrected chi connectivity index (χ3v) is 8.64. The molecule has 0 aliphatic carbocycles. The third-order valence-electron chi connectivity index (χ3n) is 8.64. The van der Waals surface area contributed by atoms with Crippen molar-refractivity contribution in [1.29, 1.82) is 0 Å². The number of aliphatic imine (C=N–C) groups is 2. The first-order chi connectivity index (χ1) is 21.2. The fraction of sp³-hybridized carbons (Fsp3) is 0.200. The molecular formula is C40H36N4. The number of H-pyrrole nitrogens is 2. The summed E-state index contributed by atoms with van der Waals surface area (Å²) in [5, 5.41) is 0. The number of hydrogen-bond donors (Lipinski definition) is 2. The van der Waals surface area contributed by atoms with Crippen molar-refractivity contribution in [2.24, 2.45) is 9.98 Å². The molecule has 216 valence electrons. The highest BCUT2D eigenvalue weighted by Gasteiger charge is 2.22. The van der Waals surface area contributed by atoms with Crippen LogP contribution in [0.3, 0.4) is 0 Å². The van der Waals surface area contributed by atoms with Gasteiger partial charge in [-0.15, -0.1) is 0 Å². The highest BCUT2D eigenvalue weighted by Crippen LogP contribution is 2.37. The van der Waals surface area contributed by atoms with Crippen LogP contribution in [0.1, 0.15) is 80.1 Å². The van der Waals surface area contributed by atoms with E-state index >= 15 is 0 Å². The van der Waals surface area contributed by atoms with E-state index in [9.17, 15) is 0 Å². The molecule has 7 rings (SSSR count). The Morgan fingerprint density at radius 1 is 0.523 bits per heavy atom. The lowest BCUT2D eigenvalue weighted by Crippen LogP contribution is -2.01.